The van der Waals surface area contributed by atoms with E-state index in [4.69, 9.17) is 14.2 Å². The SMILES string of the molecule is COC1C=CC(Cc2ccccc2)(OC)O1. The van der Waals surface area contributed by atoms with Crippen molar-refractivity contribution >= 4 is 0 Å². The molecule has 16 heavy (non-hydrogen) atoms. The predicted molar refractivity (Wildman–Crippen MR) is 60.9 cm³/mol. The van der Waals surface area contributed by atoms with Gasteiger partial charge in [-0.15, -0.1) is 0 Å². The molecular formula is C13H16O3. The molecule has 0 saturated carbocycles. The molecule has 3 nitrogen and oxygen atoms in total. The van der Waals surface area contributed by atoms with Crippen LogP contribution in [0.15, 0.2) is 42.5 Å². The minimum absolute atomic E-state index is 0.316. The van der Waals surface area contributed by atoms with Crippen LogP contribution in [0, 0.1) is 0 Å². The Hall–Kier alpha value is -1.16. The second kappa shape index (κ2) is 4.78. The summed E-state index contributed by atoms with van der Waals surface area (Å²) in [6.45, 7) is 0. The molecule has 0 saturated heterocycles. The van der Waals surface area contributed by atoms with E-state index in [0.717, 1.165) is 0 Å². The van der Waals surface area contributed by atoms with E-state index in [1.54, 1.807) is 14.2 Å². The molecule has 0 N–H and O–H groups in total. The fraction of sp³-hybridized carbons (Fsp3) is 0.385. The molecule has 3 heteroatoms. The molecule has 1 heterocycles. The quantitative estimate of drug-likeness (QED) is 0.727. The second-order valence-corrected chi connectivity index (χ2v) is 3.76. The highest BCUT2D eigenvalue weighted by molar-refractivity contribution is 5.20. The minimum atomic E-state index is -0.692. The molecule has 0 radical (unpaired) electrons. The molecule has 0 fully saturated rings. The summed E-state index contributed by atoms with van der Waals surface area (Å²) in [5.74, 6) is -0.692. The summed E-state index contributed by atoms with van der Waals surface area (Å²) in [5.41, 5.74) is 1.17. The van der Waals surface area contributed by atoms with Crippen LogP contribution in [0.3, 0.4) is 0 Å². The zero-order chi connectivity index (χ0) is 11.4. The average Bonchev–Trinajstić information content (AvgIpc) is 2.75. The van der Waals surface area contributed by atoms with Crippen molar-refractivity contribution in [1.29, 1.82) is 0 Å². The van der Waals surface area contributed by atoms with Gasteiger partial charge in [0.15, 0.2) is 12.1 Å². The van der Waals surface area contributed by atoms with Crippen molar-refractivity contribution < 1.29 is 14.2 Å². The molecule has 1 aliphatic heterocycles. The van der Waals surface area contributed by atoms with Crippen LogP contribution in [0.1, 0.15) is 5.56 Å². The molecule has 2 unspecified atom stereocenters. The standard InChI is InChI=1S/C13H16O3/c1-14-12-8-9-13(15-2,16-12)10-11-6-4-3-5-7-11/h3-9,12H,10H2,1-2H3. The van der Waals surface area contributed by atoms with Gasteiger partial charge in [0.05, 0.1) is 0 Å². The molecule has 0 amide bonds. The summed E-state index contributed by atoms with van der Waals surface area (Å²) in [6.07, 6.45) is 4.14. The van der Waals surface area contributed by atoms with E-state index in [9.17, 15) is 0 Å². The number of ether oxygens (including phenoxy) is 3. The lowest BCUT2D eigenvalue weighted by molar-refractivity contribution is -0.241. The van der Waals surface area contributed by atoms with Gasteiger partial charge in [0, 0.05) is 20.6 Å². The molecule has 0 bridgehead atoms. The van der Waals surface area contributed by atoms with E-state index in [0.29, 0.717) is 6.42 Å². The number of hydrogen-bond donors (Lipinski definition) is 0. The lowest BCUT2D eigenvalue weighted by Crippen LogP contribution is -2.34. The van der Waals surface area contributed by atoms with Crippen LogP contribution in [-0.4, -0.2) is 26.3 Å². The summed E-state index contributed by atoms with van der Waals surface area (Å²) in [4.78, 5) is 0. The van der Waals surface area contributed by atoms with E-state index in [1.807, 2.05) is 30.4 Å². The van der Waals surface area contributed by atoms with Crippen LogP contribution >= 0.6 is 0 Å². The fourth-order valence-corrected chi connectivity index (χ4v) is 1.80. The van der Waals surface area contributed by atoms with Crippen LogP contribution in [0.25, 0.3) is 0 Å². The summed E-state index contributed by atoms with van der Waals surface area (Å²) in [7, 11) is 3.26. The number of benzene rings is 1. The highest BCUT2D eigenvalue weighted by Gasteiger charge is 2.35. The van der Waals surface area contributed by atoms with Gasteiger partial charge in [-0.1, -0.05) is 30.3 Å². The Morgan fingerprint density at radius 1 is 1.25 bits per heavy atom. The number of hydrogen-bond acceptors (Lipinski definition) is 3. The largest absolute Gasteiger partial charge is 0.352 e. The first-order valence-electron chi connectivity index (χ1n) is 5.27. The van der Waals surface area contributed by atoms with Crippen LogP contribution < -0.4 is 0 Å². The van der Waals surface area contributed by atoms with Gasteiger partial charge in [0.1, 0.15) is 0 Å². The van der Waals surface area contributed by atoms with Gasteiger partial charge < -0.3 is 14.2 Å². The fourth-order valence-electron chi connectivity index (χ4n) is 1.80. The lowest BCUT2D eigenvalue weighted by atomic mass is 10.1. The van der Waals surface area contributed by atoms with Gasteiger partial charge in [0.2, 0.25) is 0 Å². The molecular weight excluding hydrogens is 204 g/mol. The topological polar surface area (TPSA) is 27.7 Å². The van der Waals surface area contributed by atoms with Gasteiger partial charge in [-0.25, -0.2) is 0 Å². The zero-order valence-electron chi connectivity index (χ0n) is 9.55. The minimum Gasteiger partial charge on any atom is -0.352 e. The Bertz CT molecular complexity index is 361. The van der Waals surface area contributed by atoms with Crippen molar-refractivity contribution in [3.63, 3.8) is 0 Å². The third kappa shape index (κ3) is 2.32. The summed E-state index contributed by atoms with van der Waals surface area (Å²) in [6, 6.07) is 10.1. The van der Waals surface area contributed by atoms with E-state index >= 15 is 0 Å². The van der Waals surface area contributed by atoms with Crippen molar-refractivity contribution in [1.82, 2.24) is 0 Å². The Morgan fingerprint density at radius 2 is 2.00 bits per heavy atom. The maximum Gasteiger partial charge on any atom is 0.194 e. The van der Waals surface area contributed by atoms with E-state index in [1.165, 1.54) is 5.56 Å². The molecule has 1 aromatic carbocycles. The van der Waals surface area contributed by atoms with Gasteiger partial charge in [0.25, 0.3) is 0 Å². The molecule has 1 aromatic rings. The van der Waals surface area contributed by atoms with Crippen molar-refractivity contribution in [3.8, 4) is 0 Å². The van der Waals surface area contributed by atoms with Gasteiger partial charge >= 0.3 is 0 Å². The summed E-state index contributed by atoms with van der Waals surface area (Å²) < 4.78 is 16.3. The van der Waals surface area contributed by atoms with E-state index in [2.05, 4.69) is 12.1 Å². The Balaban J connectivity index is 2.10. The van der Waals surface area contributed by atoms with Crippen LogP contribution in [0.5, 0.6) is 0 Å². The number of rotatable bonds is 4. The first kappa shape index (κ1) is 11.3. The highest BCUT2D eigenvalue weighted by atomic mass is 16.8. The van der Waals surface area contributed by atoms with Gasteiger partial charge in [-0.05, 0) is 17.7 Å². The highest BCUT2D eigenvalue weighted by Crippen LogP contribution is 2.28. The molecule has 0 aliphatic carbocycles. The second-order valence-electron chi connectivity index (χ2n) is 3.76. The Labute approximate surface area is 95.6 Å². The normalized spacial score (nSPS) is 28.5. The third-order valence-electron chi connectivity index (χ3n) is 2.69. The smallest absolute Gasteiger partial charge is 0.194 e. The molecule has 2 atom stereocenters. The lowest BCUT2D eigenvalue weighted by Gasteiger charge is -2.27. The third-order valence-corrected chi connectivity index (χ3v) is 2.69. The summed E-state index contributed by atoms with van der Waals surface area (Å²) in [5, 5.41) is 0. The molecule has 1 aliphatic rings. The predicted octanol–water partition coefficient (Wildman–Crippen LogP) is 2.13. The molecule has 0 aromatic heterocycles. The van der Waals surface area contributed by atoms with Gasteiger partial charge in [-0.3, -0.25) is 0 Å². The Morgan fingerprint density at radius 3 is 2.56 bits per heavy atom. The van der Waals surface area contributed by atoms with Crippen molar-refractivity contribution in [2.75, 3.05) is 14.2 Å². The molecule has 86 valence electrons. The summed E-state index contributed by atoms with van der Waals surface area (Å²) >= 11 is 0. The average molecular weight is 220 g/mol. The van der Waals surface area contributed by atoms with Crippen molar-refractivity contribution in [3.05, 3.63) is 48.0 Å². The zero-order valence-corrected chi connectivity index (χ0v) is 9.55. The number of methoxy groups -OCH3 is 2. The van der Waals surface area contributed by atoms with Crippen LogP contribution in [0.2, 0.25) is 0 Å². The monoisotopic (exact) mass is 220 g/mol. The van der Waals surface area contributed by atoms with E-state index in [-0.39, 0.29) is 6.29 Å². The van der Waals surface area contributed by atoms with Crippen LogP contribution in [-0.2, 0) is 20.6 Å². The first-order chi connectivity index (χ1) is 7.78. The Kier molecular flexibility index (Phi) is 3.39. The van der Waals surface area contributed by atoms with Crippen molar-refractivity contribution in [2.45, 2.75) is 18.5 Å². The van der Waals surface area contributed by atoms with Crippen molar-refractivity contribution in [2.24, 2.45) is 0 Å². The van der Waals surface area contributed by atoms with Gasteiger partial charge in [-0.2, -0.15) is 0 Å². The maximum atomic E-state index is 5.70. The van der Waals surface area contributed by atoms with Crippen LogP contribution in [0.4, 0.5) is 0 Å². The maximum absolute atomic E-state index is 5.70. The molecule has 0 spiro atoms. The molecule has 2 rings (SSSR count). The van der Waals surface area contributed by atoms with E-state index < -0.39 is 5.79 Å². The first-order valence-corrected chi connectivity index (χ1v) is 5.27.